The minimum Gasteiger partial charge on any atom is -0.352 e. The predicted octanol–water partition coefficient (Wildman–Crippen LogP) is 1.91. The minimum atomic E-state index is -0.298. The lowest BCUT2D eigenvalue weighted by Gasteiger charge is -2.15. The van der Waals surface area contributed by atoms with Crippen molar-refractivity contribution in [1.29, 1.82) is 0 Å². The lowest BCUT2D eigenvalue weighted by atomic mass is 10.2. The predicted molar refractivity (Wildman–Crippen MR) is 96.6 cm³/mol. The van der Waals surface area contributed by atoms with E-state index in [-0.39, 0.29) is 29.7 Å². The van der Waals surface area contributed by atoms with E-state index in [0.717, 1.165) is 30.6 Å². The molecule has 0 aliphatic heterocycles. The average Bonchev–Trinajstić information content (AvgIpc) is 3.03. The molecule has 0 aliphatic rings. The molecule has 3 rings (SSSR count). The number of hydrogen-bond donors (Lipinski definition) is 1. The molecule has 0 bridgehead atoms. The van der Waals surface area contributed by atoms with Crippen LogP contribution in [-0.2, 0) is 17.8 Å². The first-order valence-corrected chi connectivity index (χ1v) is 8.71. The molecular formula is C18H23N5O2. The van der Waals surface area contributed by atoms with Gasteiger partial charge in [0.1, 0.15) is 12.4 Å². The summed E-state index contributed by atoms with van der Waals surface area (Å²) in [7, 11) is 0. The number of aryl methyl sites for hydroxylation is 1. The van der Waals surface area contributed by atoms with Crippen LogP contribution in [0.25, 0.3) is 16.7 Å². The van der Waals surface area contributed by atoms with E-state index in [4.69, 9.17) is 0 Å². The Balaban J connectivity index is 2.17. The molecule has 1 aromatic carbocycles. The average molecular weight is 341 g/mol. The van der Waals surface area contributed by atoms with Crippen molar-refractivity contribution >= 4 is 22.6 Å². The number of nitrogens with zero attached hydrogens (tertiary/aromatic N) is 4. The molecule has 2 heterocycles. The van der Waals surface area contributed by atoms with Crippen molar-refractivity contribution in [3.8, 4) is 0 Å². The van der Waals surface area contributed by atoms with Crippen LogP contribution in [0.1, 0.15) is 39.4 Å². The molecule has 1 N–H and O–H groups in total. The van der Waals surface area contributed by atoms with Crippen LogP contribution < -0.4 is 10.9 Å². The molecule has 0 radical (unpaired) electrons. The Morgan fingerprint density at radius 3 is 2.60 bits per heavy atom. The highest BCUT2D eigenvalue weighted by Crippen LogP contribution is 2.16. The topological polar surface area (TPSA) is 81.3 Å². The van der Waals surface area contributed by atoms with Gasteiger partial charge in [0.2, 0.25) is 11.6 Å². The number of nitrogens with one attached hydrogen (secondary N) is 1. The van der Waals surface area contributed by atoms with Crippen molar-refractivity contribution in [2.75, 3.05) is 0 Å². The highest BCUT2D eigenvalue weighted by Gasteiger charge is 2.17. The molecule has 0 saturated carbocycles. The van der Waals surface area contributed by atoms with Crippen molar-refractivity contribution in [2.45, 2.75) is 52.6 Å². The van der Waals surface area contributed by atoms with Gasteiger partial charge in [0, 0.05) is 12.5 Å². The number of rotatable bonds is 6. The summed E-state index contributed by atoms with van der Waals surface area (Å²) in [6.07, 6.45) is 2.49. The van der Waals surface area contributed by atoms with Gasteiger partial charge in [-0.1, -0.05) is 26.0 Å². The lowest BCUT2D eigenvalue weighted by molar-refractivity contribution is -0.122. The molecule has 25 heavy (non-hydrogen) atoms. The van der Waals surface area contributed by atoms with Crippen molar-refractivity contribution in [3.63, 3.8) is 0 Å². The summed E-state index contributed by atoms with van der Waals surface area (Å²) in [5.41, 5.74) is 1.50. The second-order valence-corrected chi connectivity index (χ2v) is 6.28. The van der Waals surface area contributed by atoms with Crippen molar-refractivity contribution < 1.29 is 4.79 Å². The smallest absolute Gasteiger partial charge is 0.297 e. The number of benzene rings is 1. The Hall–Kier alpha value is -2.70. The fourth-order valence-electron chi connectivity index (χ4n) is 2.93. The molecule has 132 valence electrons. The number of hydrogen-bond acceptors (Lipinski definition) is 4. The van der Waals surface area contributed by atoms with Gasteiger partial charge in [-0.15, -0.1) is 10.2 Å². The van der Waals surface area contributed by atoms with Gasteiger partial charge >= 0.3 is 0 Å². The first kappa shape index (κ1) is 17.1. The second-order valence-electron chi connectivity index (χ2n) is 6.28. The van der Waals surface area contributed by atoms with Gasteiger partial charge in [-0.05, 0) is 31.9 Å². The molecule has 7 heteroatoms. The summed E-state index contributed by atoms with van der Waals surface area (Å²) in [6.45, 7) is 5.97. The van der Waals surface area contributed by atoms with Gasteiger partial charge in [-0.3, -0.25) is 18.6 Å². The zero-order chi connectivity index (χ0) is 18.0. The number of carbonyl (C=O) groups excluding carboxylic acids is 1. The normalized spacial score (nSPS) is 12.6. The maximum absolute atomic E-state index is 12.9. The van der Waals surface area contributed by atoms with Crippen molar-refractivity contribution in [3.05, 3.63) is 40.4 Å². The third-order valence-electron chi connectivity index (χ3n) is 4.38. The summed E-state index contributed by atoms with van der Waals surface area (Å²) in [5, 5.41) is 11.2. The first-order chi connectivity index (χ1) is 12.1. The summed E-state index contributed by atoms with van der Waals surface area (Å²) in [4.78, 5) is 25.2. The molecule has 3 aromatic rings. The second kappa shape index (κ2) is 7.04. The molecule has 0 aliphatic carbocycles. The lowest BCUT2D eigenvalue weighted by Crippen LogP contribution is -2.37. The molecule has 7 nitrogen and oxygen atoms in total. The summed E-state index contributed by atoms with van der Waals surface area (Å²) < 4.78 is 3.29. The number of amides is 1. The number of fused-ring (bicyclic) bond motifs is 3. The van der Waals surface area contributed by atoms with Crippen LogP contribution in [0.2, 0.25) is 0 Å². The standard InChI is InChI=1S/C18H23N5O2/c1-4-8-15-20-21-17-18(25)22(11-16(24)19-12(3)5-2)13-9-6-7-10-14(13)23(15)17/h6-7,9-10,12H,4-5,8,11H2,1-3H3,(H,19,24). The first-order valence-electron chi connectivity index (χ1n) is 8.71. The minimum absolute atomic E-state index is 0.0316. The highest BCUT2D eigenvalue weighted by atomic mass is 16.2. The SMILES string of the molecule is CCCc1nnc2c(=O)n(CC(=O)NC(C)CC)c3ccccc3n12. The highest BCUT2D eigenvalue weighted by molar-refractivity contribution is 5.82. The Labute approximate surface area is 145 Å². The fraction of sp³-hybridized carbons (Fsp3) is 0.444. The van der Waals surface area contributed by atoms with Gasteiger partial charge in [0.25, 0.3) is 5.56 Å². The molecule has 0 fully saturated rings. The molecule has 0 saturated heterocycles. The van der Waals surface area contributed by atoms with E-state index in [1.54, 1.807) is 0 Å². The van der Waals surface area contributed by atoms with E-state index in [2.05, 4.69) is 22.4 Å². The van der Waals surface area contributed by atoms with Gasteiger partial charge in [-0.25, -0.2) is 0 Å². The van der Waals surface area contributed by atoms with Gasteiger partial charge in [0.15, 0.2) is 0 Å². The Morgan fingerprint density at radius 2 is 1.92 bits per heavy atom. The third kappa shape index (κ3) is 3.14. The summed E-state index contributed by atoms with van der Waals surface area (Å²) in [5.74, 6) is 0.584. The fourth-order valence-corrected chi connectivity index (χ4v) is 2.93. The summed E-state index contributed by atoms with van der Waals surface area (Å²) in [6, 6.07) is 7.62. The maximum atomic E-state index is 12.9. The molecule has 1 unspecified atom stereocenters. The van der Waals surface area contributed by atoms with Gasteiger partial charge < -0.3 is 5.32 Å². The van der Waals surface area contributed by atoms with E-state index >= 15 is 0 Å². The zero-order valence-corrected chi connectivity index (χ0v) is 14.8. The van der Waals surface area contributed by atoms with E-state index in [9.17, 15) is 9.59 Å². The van der Waals surface area contributed by atoms with Crippen LogP contribution in [0.3, 0.4) is 0 Å². The number of para-hydroxylation sites is 2. The van der Waals surface area contributed by atoms with Crippen LogP contribution in [-0.4, -0.2) is 31.1 Å². The number of carbonyl (C=O) groups is 1. The Bertz CT molecular complexity index is 973. The van der Waals surface area contributed by atoms with E-state index in [1.807, 2.05) is 42.5 Å². The van der Waals surface area contributed by atoms with Gasteiger partial charge in [0.05, 0.1) is 11.0 Å². The van der Waals surface area contributed by atoms with Crippen molar-refractivity contribution in [1.82, 2.24) is 24.5 Å². The molecule has 0 spiro atoms. The zero-order valence-electron chi connectivity index (χ0n) is 14.8. The largest absolute Gasteiger partial charge is 0.352 e. The van der Waals surface area contributed by atoms with Crippen LogP contribution in [0.15, 0.2) is 29.1 Å². The van der Waals surface area contributed by atoms with Gasteiger partial charge in [-0.2, -0.15) is 0 Å². The van der Waals surface area contributed by atoms with Crippen LogP contribution >= 0.6 is 0 Å². The molecular weight excluding hydrogens is 318 g/mol. The van der Waals surface area contributed by atoms with E-state index in [0.29, 0.717) is 5.52 Å². The van der Waals surface area contributed by atoms with Crippen molar-refractivity contribution in [2.24, 2.45) is 0 Å². The van der Waals surface area contributed by atoms with E-state index in [1.165, 1.54) is 4.57 Å². The number of aromatic nitrogens is 4. The third-order valence-corrected chi connectivity index (χ3v) is 4.38. The van der Waals surface area contributed by atoms with Crippen LogP contribution in [0.5, 0.6) is 0 Å². The Morgan fingerprint density at radius 1 is 1.20 bits per heavy atom. The van der Waals surface area contributed by atoms with Crippen LogP contribution in [0, 0.1) is 0 Å². The quantitative estimate of drug-likeness (QED) is 0.742. The molecule has 2 aromatic heterocycles. The Kier molecular flexibility index (Phi) is 4.83. The molecule has 1 atom stereocenters. The molecule has 1 amide bonds. The van der Waals surface area contributed by atoms with Crippen LogP contribution in [0.4, 0.5) is 0 Å². The maximum Gasteiger partial charge on any atom is 0.297 e. The summed E-state index contributed by atoms with van der Waals surface area (Å²) >= 11 is 0. The van der Waals surface area contributed by atoms with E-state index < -0.39 is 0 Å². The monoisotopic (exact) mass is 341 g/mol.